The number of nitrogens with one attached hydrogen (secondary N) is 1. The highest BCUT2D eigenvalue weighted by Gasteiger charge is 2.31. The van der Waals surface area contributed by atoms with E-state index in [1.807, 2.05) is 44.2 Å². The van der Waals surface area contributed by atoms with Crippen molar-refractivity contribution < 1.29 is 18.7 Å². The van der Waals surface area contributed by atoms with Gasteiger partial charge in [-0.1, -0.05) is 89.9 Å². The molecule has 3 aromatic rings. The van der Waals surface area contributed by atoms with Crippen LogP contribution in [-0.2, 0) is 22.6 Å². The molecule has 0 saturated heterocycles. The smallest absolute Gasteiger partial charge is 0.261 e. The van der Waals surface area contributed by atoms with Gasteiger partial charge in [-0.3, -0.25) is 9.59 Å². The summed E-state index contributed by atoms with van der Waals surface area (Å²) in [5.74, 6) is -0.655. The number of nitrogens with zero attached hydrogens (tertiary/aromatic N) is 1. The van der Waals surface area contributed by atoms with E-state index in [-0.39, 0.29) is 31.4 Å². The fourth-order valence-corrected chi connectivity index (χ4v) is 4.33. The van der Waals surface area contributed by atoms with Gasteiger partial charge in [-0.25, -0.2) is 4.39 Å². The van der Waals surface area contributed by atoms with E-state index in [0.717, 1.165) is 10.0 Å². The van der Waals surface area contributed by atoms with Crippen molar-refractivity contribution in [2.24, 2.45) is 5.92 Å². The molecule has 36 heavy (non-hydrogen) atoms. The van der Waals surface area contributed by atoms with Crippen LogP contribution >= 0.6 is 27.5 Å². The van der Waals surface area contributed by atoms with E-state index >= 15 is 0 Å². The molecule has 0 unspecified atom stereocenters. The van der Waals surface area contributed by atoms with Gasteiger partial charge in [-0.05, 0) is 35.7 Å². The largest absolute Gasteiger partial charge is 0.482 e. The van der Waals surface area contributed by atoms with Gasteiger partial charge >= 0.3 is 0 Å². The van der Waals surface area contributed by atoms with Crippen LogP contribution in [0.2, 0.25) is 5.02 Å². The summed E-state index contributed by atoms with van der Waals surface area (Å²) >= 11 is 9.58. The third-order valence-corrected chi connectivity index (χ3v) is 6.29. The van der Waals surface area contributed by atoms with Gasteiger partial charge in [-0.15, -0.1) is 0 Å². The Morgan fingerprint density at radius 2 is 1.75 bits per heavy atom. The molecule has 5 nitrogen and oxygen atoms in total. The molecular weight excluding hydrogens is 547 g/mol. The zero-order valence-electron chi connectivity index (χ0n) is 20.2. The average molecular weight is 576 g/mol. The zero-order chi connectivity index (χ0) is 26.1. The summed E-state index contributed by atoms with van der Waals surface area (Å²) in [5.41, 5.74) is 1.19. The number of ether oxygens (including phenoxy) is 1. The molecule has 0 aliphatic carbocycles. The predicted octanol–water partition coefficient (Wildman–Crippen LogP) is 6.03. The lowest BCUT2D eigenvalue weighted by atomic mass is 10.0. The normalized spacial score (nSPS) is 11.7. The first-order chi connectivity index (χ1) is 17.2. The molecule has 0 heterocycles. The number of benzene rings is 3. The van der Waals surface area contributed by atoms with E-state index in [4.69, 9.17) is 16.3 Å². The summed E-state index contributed by atoms with van der Waals surface area (Å²) in [6.45, 7) is 3.99. The Kier molecular flexibility index (Phi) is 10.3. The minimum absolute atomic E-state index is 0.0878. The first kappa shape index (κ1) is 27.7. The van der Waals surface area contributed by atoms with E-state index in [9.17, 15) is 14.0 Å². The minimum Gasteiger partial charge on any atom is -0.482 e. The molecule has 0 aliphatic heterocycles. The second-order valence-corrected chi connectivity index (χ2v) is 10.1. The van der Waals surface area contributed by atoms with Crippen LogP contribution in [0.25, 0.3) is 0 Å². The topological polar surface area (TPSA) is 58.6 Å². The predicted molar refractivity (Wildman–Crippen MR) is 143 cm³/mol. The standard InChI is InChI=1S/C28H29BrClFN2O3/c1-19(2)16-32-28(35)25(14-20-8-4-3-5-9-20)33(17-21-10-6-7-11-24(21)31)27(34)18-36-26-13-12-22(29)15-23(26)30/h3-13,15,19,25H,14,16-18H2,1-2H3,(H,32,35)/t25-/m0/s1. The Morgan fingerprint density at radius 1 is 1.06 bits per heavy atom. The Hall–Kier alpha value is -2.90. The molecular formula is C28H29BrClFN2O3. The van der Waals surface area contributed by atoms with Crippen molar-refractivity contribution in [1.29, 1.82) is 0 Å². The number of carbonyl (C=O) groups is 2. The van der Waals surface area contributed by atoms with Crippen LogP contribution in [0.4, 0.5) is 4.39 Å². The Balaban J connectivity index is 1.92. The Morgan fingerprint density at radius 3 is 2.42 bits per heavy atom. The SMILES string of the molecule is CC(C)CNC(=O)[C@H](Cc1ccccc1)N(Cc1ccccc1F)C(=O)COc1ccc(Br)cc1Cl. The second-order valence-electron chi connectivity index (χ2n) is 8.82. The Labute approximate surface area is 224 Å². The van der Waals surface area contributed by atoms with Gasteiger partial charge in [0, 0.05) is 29.5 Å². The van der Waals surface area contributed by atoms with E-state index in [1.165, 1.54) is 11.0 Å². The molecule has 0 aromatic heterocycles. The first-order valence-electron chi connectivity index (χ1n) is 11.7. The van der Waals surface area contributed by atoms with Crippen molar-refractivity contribution in [2.75, 3.05) is 13.2 Å². The summed E-state index contributed by atoms with van der Waals surface area (Å²) in [6, 6.07) is 19.8. The van der Waals surface area contributed by atoms with Crippen LogP contribution in [0.1, 0.15) is 25.0 Å². The summed E-state index contributed by atoms with van der Waals surface area (Å²) in [7, 11) is 0. The molecule has 190 valence electrons. The molecule has 3 rings (SSSR count). The van der Waals surface area contributed by atoms with Crippen molar-refractivity contribution in [3.63, 3.8) is 0 Å². The van der Waals surface area contributed by atoms with Crippen molar-refractivity contribution >= 4 is 39.3 Å². The number of amides is 2. The molecule has 0 aliphatic rings. The molecule has 0 fully saturated rings. The van der Waals surface area contributed by atoms with Crippen LogP contribution < -0.4 is 10.1 Å². The third kappa shape index (κ3) is 8.07. The average Bonchev–Trinajstić information content (AvgIpc) is 2.85. The van der Waals surface area contributed by atoms with Crippen molar-refractivity contribution in [3.05, 3.63) is 99.2 Å². The van der Waals surface area contributed by atoms with Crippen LogP contribution in [-0.4, -0.2) is 35.9 Å². The molecule has 0 radical (unpaired) electrons. The Bertz CT molecular complexity index is 1180. The lowest BCUT2D eigenvalue weighted by Crippen LogP contribution is -2.52. The summed E-state index contributed by atoms with van der Waals surface area (Å²) in [4.78, 5) is 28.3. The van der Waals surface area contributed by atoms with Crippen LogP contribution in [0, 0.1) is 11.7 Å². The third-order valence-electron chi connectivity index (χ3n) is 5.50. The van der Waals surface area contributed by atoms with Gasteiger partial charge in [0.25, 0.3) is 5.91 Å². The fraction of sp³-hybridized carbons (Fsp3) is 0.286. The van der Waals surface area contributed by atoms with Gasteiger partial charge in [0.05, 0.1) is 5.02 Å². The zero-order valence-corrected chi connectivity index (χ0v) is 22.6. The quantitative estimate of drug-likeness (QED) is 0.304. The van der Waals surface area contributed by atoms with E-state index in [0.29, 0.717) is 22.9 Å². The van der Waals surface area contributed by atoms with Gasteiger partial charge in [-0.2, -0.15) is 0 Å². The molecule has 0 bridgehead atoms. The molecule has 0 spiro atoms. The minimum atomic E-state index is -0.873. The number of hydrogen-bond donors (Lipinski definition) is 1. The van der Waals surface area contributed by atoms with E-state index in [1.54, 1.807) is 36.4 Å². The molecule has 2 amide bonds. The highest BCUT2D eigenvalue weighted by atomic mass is 79.9. The van der Waals surface area contributed by atoms with Gasteiger partial charge in [0.2, 0.25) is 5.91 Å². The lowest BCUT2D eigenvalue weighted by molar-refractivity contribution is -0.142. The number of halogens is 3. The highest BCUT2D eigenvalue weighted by Crippen LogP contribution is 2.28. The summed E-state index contributed by atoms with van der Waals surface area (Å²) in [6.07, 6.45) is 0.268. The van der Waals surface area contributed by atoms with Gasteiger partial charge in [0.1, 0.15) is 17.6 Å². The van der Waals surface area contributed by atoms with E-state index in [2.05, 4.69) is 21.2 Å². The van der Waals surface area contributed by atoms with Crippen molar-refractivity contribution in [2.45, 2.75) is 32.9 Å². The monoisotopic (exact) mass is 574 g/mol. The molecule has 0 saturated carbocycles. The lowest BCUT2D eigenvalue weighted by Gasteiger charge is -2.32. The fourth-order valence-electron chi connectivity index (χ4n) is 3.60. The molecule has 3 aromatic carbocycles. The van der Waals surface area contributed by atoms with Gasteiger partial charge in [0.15, 0.2) is 6.61 Å². The van der Waals surface area contributed by atoms with Gasteiger partial charge < -0.3 is 15.0 Å². The maximum absolute atomic E-state index is 14.6. The number of rotatable bonds is 11. The van der Waals surface area contributed by atoms with E-state index < -0.39 is 17.8 Å². The number of hydrogen-bond acceptors (Lipinski definition) is 3. The van der Waals surface area contributed by atoms with Crippen molar-refractivity contribution in [3.8, 4) is 5.75 Å². The maximum atomic E-state index is 14.6. The van der Waals surface area contributed by atoms with Crippen LogP contribution in [0.5, 0.6) is 5.75 Å². The number of carbonyl (C=O) groups excluding carboxylic acids is 2. The second kappa shape index (κ2) is 13.4. The highest BCUT2D eigenvalue weighted by molar-refractivity contribution is 9.10. The summed E-state index contributed by atoms with van der Waals surface area (Å²) < 4.78 is 21.1. The molecule has 1 N–H and O–H groups in total. The summed E-state index contributed by atoms with van der Waals surface area (Å²) in [5, 5.41) is 3.27. The molecule has 8 heteroatoms. The van der Waals surface area contributed by atoms with Crippen molar-refractivity contribution in [1.82, 2.24) is 10.2 Å². The molecule has 1 atom stereocenters. The first-order valence-corrected chi connectivity index (χ1v) is 12.8. The van der Waals surface area contributed by atoms with Crippen LogP contribution in [0.15, 0.2) is 77.3 Å². The maximum Gasteiger partial charge on any atom is 0.261 e. The van der Waals surface area contributed by atoms with Crippen LogP contribution in [0.3, 0.4) is 0 Å².